The van der Waals surface area contributed by atoms with Gasteiger partial charge in [0.05, 0.1) is 12.0 Å². The number of amides is 1. The number of carbonyl (C=O) groups is 1. The van der Waals surface area contributed by atoms with Gasteiger partial charge in [-0.25, -0.2) is 0 Å². The number of hydrazine groups is 1. The van der Waals surface area contributed by atoms with Gasteiger partial charge in [-0.1, -0.05) is 30.0 Å². The second-order valence-corrected chi connectivity index (χ2v) is 6.66. The molecule has 0 radical (unpaired) electrons. The van der Waals surface area contributed by atoms with Gasteiger partial charge in [-0.2, -0.15) is 0 Å². The second-order valence-electron chi connectivity index (χ2n) is 5.31. The number of nitrogens with one attached hydrogen (secondary N) is 3. The molecule has 3 aromatic rings. The molecule has 1 aromatic carbocycles. The van der Waals surface area contributed by atoms with Gasteiger partial charge in [-0.3, -0.25) is 20.2 Å². The summed E-state index contributed by atoms with van der Waals surface area (Å²) in [6.07, 6.45) is 1.59. The van der Waals surface area contributed by atoms with Crippen LogP contribution in [-0.2, 0) is 11.3 Å². The van der Waals surface area contributed by atoms with Gasteiger partial charge in [0.25, 0.3) is 0 Å². The predicted octanol–water partition coefficient (Wildman–Crippen LogP) is 2.67. The SMILES string of the molecule is CCn1c(SCC(=O)NNC(=S)Nc2ccccc2)nnc1-c1ccco1. The largest absolute Gasteiger partial charge is 0.461 e. The third kappa shape index (κ3) is 5.08. The van der Waals surface area contributed by atoms with Gasteiger partial charge in [0.15, 0.2) is 21.9 Å². The highest BCUT2D eigenvalue weighted by Crippen LogP contribution is 2.23. The van der Waals surface area contributed by atoms with E-state index in [9.17, 15) is 4.79 Å². The Labute approximate surface area is 165 Å². The maximum atomic E-state index is 12.1. The number of furan rings is 1. The minimum absolute atomic E-state index is 0.164. The number of nitrogens with zero attached hydrogens (tertiary/aromatic N) is 3. The van der Waals surface area contributed by atoms with Gasteiger partial charge in [-0.05, 0) is 43.4 Å². The summed E-state index contributed by atoms with van der Waals surface area (Å²) in [5.74, 6) is 1.20. The van der Waals surface area contributed by atoms with Gasteiger partial charge in [-0.15, -0.1) is 10.2 Å². The number of hydrogen-bond donors (Lipinski definition) is 3. The number of anilines is 1. The summed E-state index contributed by atoms with van der Waals surface area (Å²) < 4.78 is 7.27. The normalized spacial score (nSPS) is 10.4. The third-order valence-electron chi connectivity index (χ3n) is 3.45. The summed E-state index contributed by atoms with van der Waals surface area (Å²) in [7, 11) is 0. The Morgan fingerprint density at radius 1 is 1.19 bits per heavy atom. The Hall–Kier alpha value is -2.85. The van der Waals surface area contributed by atoms with Crippen molar-refractivity contribution >= 4 is 40.7 Å². The fourth-order valence-corrected chi connectivity index (χ4v) is 3.22. The Balaban J connectivity index is 1.49. The Morgan fingerprint density at radius 2 is 2.00 bits per heavy atom. The summed E-state index contributed by atoms with van der Waals surface area (Å²) >= 11 is 6.43. The van der Waals surface area contributed by atoms with Crippen LogP contribution in [0.2, 0.25) is 0 Å². The van der Waals surface area contributed by atoms with Crippen LogP contribution in [0.5, 0.6) is 0 Å². The molecule has 2 aromatic heterocycles. The van der Waals surface area contributed by atoms with E-state index in [1.54, 1.807) is 12.3 Å². The minimum Gasteiger partial charge on any atom is -0.461 e. The van der Waals surface area contributed by atoms with Crippen LogP contribution in [0, 0.1) is 0 Å². The molecule has 0 aliphatic rings. The molecule has 0 saturated carbocycles. The lowest BCUT2D eigenvalue weighted by molar-refractivity contribution is -0.119. The molecule has 140 valence electrons. The highest BCUT2D eigenvalue weighted by atomic mass is 32.2. The van der Waals surface area contributed by atoms with E-state index in [2.05, 4.69) is 26.4 Å². The van der Waals surface area contributed by atoms with Crippen LogP contribution in [0.15, 0.2) is 58.3 Å². The molecule has 0 saturated heterocycles. The van der Waals surface area contributed by atoms with Crippen LogP contribution in [-0.4, -0.2) is 31.5 Å². The lowest BCUT2D eigenvalue weighted by Gasteiger charge is -2.11. The number of rotatable bonds is 6. The molecule has 0 bridgehead atoms. The zero-order chi connectivity index (χ0) is 19.1. The highest BCUT2D eigenvalue weighted by molar-refractivity contribution is 7.99. The van der Waals surface area contributed by atoms with Crippen molar-refractivity contribution in [3.8, 4) is 11.6 Å². The van der Waals surface area contributed by atoms with Crippen LogP contribution >= 0.6 is 24.0 Å². The lowest BCUT2D eigenvalue weighted by Crippen LogP contribution is -2.44. The first-order valence-electron chi connectivity index (χ1n) is 8.18. The Morgan fingerprint density at radius 3 is 2.70 bits per heavy atom. The number of hydrogen-bond acceptors (Lipinski definition) is 6. The predicted molar refractivity (Wildman–Crippen MR) is 108 cm³/mol. The molecule has 0 aliphatic heterocycles. The summed E-state index contributed by atoms with van der Waals surface area (Å²) in [6, 6.07) is 13.1. The summed E-state index contributed by atoms with van der Waals surface area (Å²) in [5.41, 5.74) is 6.06. The maximum absolute atomic E-state index is 12.1. The van der Waals surface area contributed by atoms with Gasteiger partial charge < -0.3 is 9.73 Å². The topological polar surface area (TPSA) is 97.0 Å². The quantitative estimate of drug-likeness (QED) is 0.329. The minimum atomic E-state index is -0.234. The number of aromatic nitrogens is 3. The molecule has 0 spiro atoms. The van der Waals surface area contributed by atoms with E-state index in [1.165, 1.54) is 11.8 Å². The first-order chi connectivity index (χ1) is 13.2. The van der Waals surface area contributed by atoms with E-state index in [0.29, 0.717) is 28.4 Å². The van der Waals surface area contributed by atoms with Crippen LogP contribution in [0.3, 0.4) is 0 Å². The molecule has 0 atom stereocenters. The molecular weight excluding hydrogens is 384 g/mol. The zero-order valence-electron chi connectivity index (χ0n) is 14.5. The fourth-order valence-electron chi connectivity index (χ4n) is 2.25. The van der Waals surface area contributed by atoms with Crippen molar-refractivity contribution in [3.63, 3.8) is 0 Å². The Bertz CT molecular complexity index is 896. The van der Waals surface area contributed by atoms with Gasteiger partial charge in [0, 0.05) is 12.2 Å². The van der Waals surface area contributed by atoms with Crippen LogP contribution in [0.1, 0.15) is 6.92 Å². The van der Waals surface area contributed by atoms with Crippen molar-refractivity contribution in [2.75, 3.05) is 11.1 Å². The lowest BCUT2D eigenvalue weighted by atomic mass is 10.3. The van der Waals surface area contributed by atoms with Crippen molar-refractivity contribution < 1.29 is 9.21 Å². The molecule has 27 heavy (non-hydrogen) atoms. The number of thioether (sulfide) groups is 1. The smallest absolute Gasteiger partial charge is 0.248 e. The zero-order valence-corrected chi connectivity index (χ0v) is 16.1. The average molecular weight is 403 g/mol. The molecule has 2 heterocycles. The molecule has 10 heteroatoms. The van der Waals surface area contributed by atoms with E-state index in [0.717, 1.165) is 5.69 Å². The molecule has 8 nitrogen and oxygen atoms in total. The number of benzene rings is 1. The highest BCUT2D eigenvalue weighted by Gasteiger charge is 2.16. The monoisotopic (exact) mass is 402 g/mol. The van der Waals surface area contributed by atoms with Crippen LogP contribution in [0.4, 0.5) is 5.69 Å². The van der Waals surface area contributed by atoms with Crippen molar-refractivity contribution in [2.24, 2.45) is 0 Å². The van der Waals surface area contributed by atoms with E-state index >= 15 is 0 Å². The summed E-state index contributed by atoms with van der Waals surface area (Å²) in [4.78, 5) is 12.1. The first kappa shape index (κ1) is 18.9. The van der Waals surface area contributed by atoms with Crippen LogP contribution in [0.25, 0.3) is 11.6 Å². The van der Waals surface area contributed by atoms with Gasteiger partial charge >= 0.3 is 0 Å². The Kier molecular flexibility index (Phi) is 6.44. The molecule has 0 aliphatic carbocycles. The number of carbonyl (C=O) groups excluding carboxylic acids is 1. The van der Waals surface area contributed by atoms with Crippen molar-refractivity contribution in [1.29, 1.82) is 0 Å². The number of thiocarbonyl (C=S) groups is 1. The van der Waals surface area contributed by atoms with Crippen molar-refractivity contribution in [2.45, 2.75) is 18.6 Å². The fraction of sp³-hybridized carbons (Fsp3) is 0.176. The van der Waals surface area contributed by atoms with E-state index < -0.39 is 0 Å². The molecule has 3 rings (SSSR count). The summed E-state index contributed by atoms with van der Waals surface area (Å²) in [6.45, 7) is 2.64. The molecular formula is C17H18N6O2S2. The summed E-state index contributed by atoms with van der Waals surface area (Å²) in [5, 5.41) is 12.2. The molecule has 3 N–H and O–H groups in total. The maximum Gasteiger partial charge on any atom is 0.248 e. The van der Waals surface area contributed by atoms with Crippen molar-refractivity contribution in [1.82, 2.24) is 25.6 Å². The first-order valence-corrected chi connectivity index (χ1v) is 9.57. The molecule has 0 unspecified atom stereocenters. The van der Waals surface area contributed by atoms with E-state index in [1.807, 2.05) is 47.9 Å². The second kappa shape index (κ2) is 9.19. The van der Waals surface area contributed by atoms with Crippen LogP contribution < -0.4 is 16.2 Å². The number of para-hydroxylation sites is 1. The third-order valence-corrected chi connectivity index (χ3v) is 4.62. The van der Waals surface area contributed by atoms with E-state index in [-0.39, 0.29) is 11.7 Å². The van der Waals surface area contributed by atoms with Gasteiger partial charge in [0.1, 0.15) is 0 Å². The molecule has 1 amide bonds. The van der Waals surface area contributed by atoms with Crippen molar-refractivity contribution in [3.05, 3.63) is 48.7 Å². The standard InChI is InChI=1S/C17H18N6O2S2/c1-2-23-15(13-9-6-10-25-13)20-22-17(23)27-11-14(24)19-21-16(26)18-12-7-4-3-5-8-12/h3-10H,2,11H2,1H3,(H,19,24)(H2,18,21,26). The van der Waals surface area contributed by atoms with E-state index in [4.69, 9.17) is 16.6 Å². The van der Waals surface area contributed by atoms with Gasteiger partial charge in [0.2, 0.25) is 5.91 Å². The molecule has 0 fully saturated rings. The average Bonchev–Trinajstić information content (AvgIpc) is 3.34.